The van der Waals surface area contributed by atoms with Gasteiger partial charge in [0.05, 0.1) is 19.2 Å². The van der Waals surface area contributed by atoms with Crippen LogP contribution in [0.15, 0.2) is 42.5 Å². The lowest BCUT2D eigenvalue weighted by molar-refractivity contribution is -0.121. The molecule has 0 saturated carbocycles. The predicted molar refractivity (Wildman–Crippen MR) is 93.4 cm³/mol. The first-order chi connectivity index (χ1) is 11.5. The van der Waals surface area contributed by atoms with Gasteiger partial charge in [-0.25, -0.2) is 4.90 Å². The molecule has 5 nitrogen and oxygen atoms in total. The largest absolute Gasteiger partial charge is 0.497 e. The molecule has 0 bridgehead atoms. The summed E-state index contributed by atoms with van der Waals surface area (Å²) in [6, 6.07) is 12.3. The third-order valence-electron chi connectivity index (χ3n) is 4.33. The lowest BCUT2D eigenvalue weighted by atomic mass is 10.1. The number of ether oxygens (including phenoxy) is 1. The zero-order chi connectivity index (χ0) is 17.3. The van der Waals surface area contributed by atoms with E-state index in [2.05, 4.69) is 5.32 Å². The van der Waals surface area contributed by atoms with Gasteiger partial charge in [0.25, 0.3) is 5.91 Å². The molecule has 1 fully saturated rings. The van der Waals surface area contributed by atoms with Gasteiger partial charge in [-0.1, -0.05) is 6.07 Å². The van der Waals surface area contributed by atoms with Crippen LogP contribution < -0.4 is 15.0 Å². The molecule has 5 heteroatoms. The molecule has 1 N–H and O–H groups in total. The zero-order valence-electron chi connectivity index (χ0n) is 14.0. The van der Waals surface area contributed by atoms with E-state index in [4.69, 9.17) is 4.74 Å². The summed E-state index contributed by atoms with van der Waals surface area (Å²) in [5.41, 5.74) is 3.74. The molecular weight excluding hydrogens is 304 g/mol. The van der Waals surface area contributed by atoms with Gasteiger partial charge in [-0.2, -0.15) is 0 Å². The molecule has 124 valence electrons. The summed E-state index contributed by atoms with van der Waals surface area (Å²) in [4.78, 5) is 26.2. The zero-order valence-corrected chi connectivity index (χ0v) is 14.0. The topological polar surface area (TPSA) is 58.6 Å². The van der Waals surface area contributed by atoms with E-state index in [1.54, 1.807) is 31.4 Å². The van der Waals surface area contributed by atoms with Crippen molar-refractivity contribution < 1.29 is 14.3 Å². The van der Waals surface area contributed by atoms with E-state index in [1.165, 1.54) is 10.5 Å². The summed E-state index contributed by atoms with van der Waals surface area (Å²) >= 11 is 0. The van der Waals surface area contributed by atoms with Crippen molar-refractivity contribution in [2.24, 2.45) is 0 Å². The second-order valence-electron chi connectivity index (χ2n) is 5.97. The van der Waals surface area contributed by atoms with E-state index in [0.29, 0.717) is 11.4 Å². The Morgan fingerprint density at radius 3 is 2.38 bits per heavy atom. The van der Waals surface area contributed by atoms with Gasteiger partial charge in [0.2, 0.25) is 5.91 Å². The number of nitrogens with zero attached hydrogens (tertiary/aromatic N) is 1. The van der Waals surface area contributed by atoms with E-state index >= 15 is 0 Å². The van der Waals surface area contributed by atoms with Crippen LogP contribution in [0.2, 0.25) is 0 Å². The van der Waals surface area contributed by atoms with Crippen LogP contribution in [-0.4, -0.2) is 25.0 Å². The summed E-state index contributed by atoms with van der Waals surface area (Å²) in [6.07, 6.45) is 0.151. The first-order valence-electron chi connectivity index (χ1n) is 7.84. The Bertz CT molecular complexity index is 784. The number of aryl methyl sites for hydroxylation is 2. The van der Waals surface area contributed by atoms with Crippen molar-refractivity contribution in [3.63, 3.8) is 0 Å². The van der Waals surface area contributed by atoms with E-state index in [1.807, 2.05) is 32.0 Å². The van der Waals surface area contributed by atoms with E-state index in [9.17, 15) is 9.59 Å². The number of imide groups is 1. The van der Waals surface area contributed by atoms with E-state index < -0.39 is 6.04 Å². The average Bonchev–Trinajstić information content (AvgIpc) is 2.85. The molecular formula is C19H20N2O3. The number of nitrogens with one attached hydrogen (secondary N) is 1. The fourth-order valence-electron chi connectivity index (χ4n) is 2.78. The van der Waals surface area contributed by atoms with Crippen molar-refractivity contribution in [1.29, 1.82) is 0 Å². The molecule has 2 aromatic carbocycles. The Hall–Kier alpha value is -2.82. The first kappa shape index (κ1) is 16.1. The SMILES string of the molecule is COc1ccc(N2C(=O)CC(Nc3ccc(C)c(C)c3)C2=O)cc1. The number of hydrogen-bond donors (Lipinski definition) is 1. The number of anilines is 2. The minimum atomic E-state index is -0.540. The monoisotopic (exact) mass is 324 g/mol. The van der Waals surface area contributed by atoms with Gasteiger partial charge >= 0.3 is 0 Å². The Kier molecular flexibility index (Phi) is 4.25. The third-order valence-corrected chi connectivity index (χ3v) is 4.33. The second kappa shape index (κ2) is 6.35. The summed E-state index contributed by atoms with van der Waals surface area (Å²) in [5.74, 6) is 0.248. The summed E-state index contributed by atoms with van der Waals surface area (Å²) in [7, 11) is 1.57. The van der Waals surface area contributed by atoms with Crippen molar-refractivity contribution in [3.05, 3.63) is 53.6 Å². The number of methoxy groups -OCH3 is 1. The molecule has 24 heavy (non-hydrogen) atoms. The summed E-state index contributed by atoms with van der Waals surface area (Å²) in [6.45, 7) is 4.06. The molecule has 0 aliphatic carbocycles. The molecule has 1 heterocycles. The highest BCUT2D eigenvalue weighted by Crippen LogP contribution is 2.27. The lowest BCUT2D eigenvalue weighted by Gasteiger charge is -2.17. The molecule has 3 rings (SSSR count). The molecule has 0 radical (unpaired) electrons. The van der Waals surface area contributed by atoms with Gasteiger partial charge < -0.3 is 10.1 Å². The van der Waals surface area contributed by atoms with Gasteiger partial charge in [-0.05, 0) is 61.4 Å². The Balaban J connectivity index is 1.79. The molecule has 2 amide bonds. The summed E-state index contributed by atoms with van der Waals surface area (Å²) in [5, 5.41) is 3.17. The molecule has 1 saturated heterocycles. The molecule has 1 aliphatic rings. The van der Waals surface area contributed by atoms with Gasteiger partial charge in [0.15, 0.2) is 0 Å². The van der Waals surface area contributed by atoms with Crippen LogP contribution >= 0.6 is 0 Å². The van der Waals surface area contributed by atoms with Crippen LogP contribution in [0, 0.1) is 13.8 Å². The fourth-order valence-corrected chi connectivity index (χ4v) is 2.78. The standard InChI is InChI=1S/C19H20N2O3/c1-12-4-5-14(10-13(12)2)20-17-11-18(22)21(19(17)23)15-6-8-16(24-3)9-7-15/h4-10,17,20H,11H2,1-3H3. The normalized spacial score (nSPS) is 17.3. The molecule has 1 aliphatic heterocycles. The Morgan fingerprint density at radius 2 is 1.75 bits per heavy atom. The van der Waals surface area contributed by atoms with Crippen molar-refractivity contribution >= 4 is 23.2 Å². The Labute approximate surface area is 141 Å². The summed E-state index contributed by atoms with van der Waals surface area (Å²) < 4.78 is 5.11. The third kappa shape index (κ3) is 2.97. The number of amides is 2. The van der Waals surface area contributed by atoms with E-state index in [0.717, 1.165) is 11.3 Å². The molecule has 0 aromatic heterocycles. The smallest absolute Gasteiger partial charge is 0.256 e. The quantitative estimate of drug-likeness (QED) is 0.878. The van der Waals surface area contributed by atoms with Crippen LogP contribution in [0.4, 0.5) is 11.4 Å². The van der Waals surface area contributed by atoms with Crippen molar-refractivity contribution in [3.8, 4) is 5.75 Å². The van der Waals surface area contributed by atoms with Crippen LogP contribution in [0.25, 0.3) is 0 Å². The minimum Gasteiger partial charge on any atom is -0.497 e. The van der Waals surface area contributed by atoms with Crippen LogP contribution in [0.3, 0.4) is 0 Å². The number of carbonyl (C=O) groups excluding carboxylic acids is 2. The number of carbonyl (C=O) groups is 2. The first-order valence-corrected chi connectivity index (χ1v) is 7.84. The maximum absolute atomic E-state index is 12.6. The molecule has 2 aromatic rings. The predicted octanol–water partition coefficient (Wildman–Crippen LogP) is 3.06. The van der Waals surface area contributed by atoms with Crippen molar-refractivity contribution in [2.45, 2.75) is 26.3 Å². The highest BCUT2D eigenvalue weighted by molar-refractivity contribution is 6.23. The van der Waals surface area contributed by atoms with Gasteiger partial charge in [0, 0.05) is 5.69 Å². The number of benzene rings is 2. The highest BCUT2D eigenvalue weighted by Gasteiger charge is 2.39. The van der Waals surface area contributed by atoms with Crippen LogP contribution in [-0.2, 0) is 9.59 Å². The van der Waals surface area contributed by atoms with Crippen LogP contribution in [0.5, 0.6) is 5.75 Å². The second-order valence-corrected chi connectivity index (χ2v) is 5.97. The number of hydrogen-bond acceptors (Lipinski definition) is 4. The minimum absolute atomic E-state index is 0.151. The van der Waals surface area contributed by atoms with Gasteiger partial charge in [0.1, 0.15) is 11.8 Å². The Morgan fingerprint density at radius 1 is 1.04 bits per heavy atom. The van der Waals surface area contributed by atoms with Gasteiger partial charge in [-0.3, -0.25) is 9.59 Å². The highest BCUT2D eigenvalue weighted by atomic mass is 16.5. The molecule has 0 spiro atoms. The maximum atomic E-state index is 12.6. The molecule has 1 atom stereocenters. The maximum Gasteiger partial charge on any atom is 0.256 e. The number of rotatable bonds is 4. The van der Waals surface area contributed by atoms with Crippen molar-refractivity contribution in [2.75, 3.05) is 17.3 Å². The molecule has 1 unspecified atom stereocenters. The van der Waals surface area contributed by atoms with E-state index in [-0.39, 0.29) is 18.2 Å². The van der Waals surface area contributed by atoms with Crippen molar-refractivity contribution in [1.82, 2.24) is 0 Å². The van der Waals surface area contributed by atoms with Gasteiger partial charge in [-0.15, -0.1) is 0 Å². The fraction of sp³-hybridized carbons (Fsp3) is 0.263. The van der Waals surface area contributed by atoms with Crippen LogP contribution in [0.1, 0.15) is 17.5 Å². The lowest BCUT2D eigenvalue weighted by Crippen LogP contribution is -2.34. The average molecular weight is 324 g/mol.